The van der Waals surface area contributed by atoms with Gasteiger partial charge in [0.2, 0.25) is 5.88 Å². The second kappa shape index (κ2) is 9.54. The zero-order chi connectivity index (χ0) is 25.3. The normalized spacial score (nSPS) is 14.3. The van der Waals surface area contributed by atoms with Crippen LogP contribution in [0.15, 0.2) is 77.8 Å². The van der Waals surface area contributed by atoms with E-state index in [0.717, 1.165) is 25.0 Å². The lowest BCUT2D eigenvalue weighted by molar-refractivity contribution is 0.0931. The number of nitrogens with zero attached hydrogens (tertiary/aromatic N) is 2. The van der Waals surface area contributed by atoms with Gasteiger partial charge in [0, 0.05) is 17.6 Å². The maximum absolute atomic E-state index is 14.2. The molecule has 1 aliphatic rings. The Hall–Kier alpha value is -4.05. The lowest BCUT2D eigenvalue weighted by Gasteiger charge is -2.20. The van der Waals surface area contributed by atoms with Crippen LogP contribution >= 0.6 is 0 Å². The SMILES string of the molecule is COc1cccc(C(NC(=O)c2cc(F)ccc2NS(=O)(=O)c2cccc3cccnc23)C2CC2)n1. The number of anilines is 1. The summed E-state index contributed by atoms with van der Waals surface area (Å²) >= 11 is 0. The van der Waals surface area contributed by atoms with Gasteiger partial charge in [0.15, 0.2) is 0 Å². The van der Waals surface area contributed by atoms with E-state index in [1.54, 1.807) is 42.5 Å². The van der Waals surface area contributed by atoms with Crippen molar-refractivity contribution in [3.05, 3.63) is 90.0 Å². The van der Waals surface area contributed by atoms with Crippen molar-refractivity contribution in [1.29, 1.82) is 0 Å². The molecular formula is C26H23FN4O4S. The minimum absolute atomic E-state index is 0.0463. The third-order valence-electron chi connectivity index (χ3n) is 6.01. The topological polar surface area (TPSA) is 110 Å². The first kappa shape index (κ1) is 23.7. The van der Waals surface area contributed by atoms with E-state index in [9.17, 15) is 17.6 Å². The molecule has 8 nitrogen and oxygen atoms in total. The van der Waals surface area contributed by atoms with E-state index in [4.69, 9.17) is 4.74 Å². The van der Waals surface area contributed by atoms with Gasteiger partial charge < -0.3 is 10.1 Å². The summed E-state index contributed by atoms with van der Waals surface area (Å²) in [6.45, 7) is 0. The number of hydrogen-bond acceptors (Lipinski definition) is 6. The van der Waals surface area contributed by atoms with Crippen molar-refractivity contribution in [3.8, 4) is 5.88 Å². The molecular weight excluding hydrogens is 483 g/mol. The number of ether oxygens (including phenoxy) is 1. The molecule has 1 aliphatic carbocycles. The Morgan fingerprint density at radius 2 is 1.86 bits per heavy atom. The van der Waals surface area contributed by atoms with Crippen LogP contribution in [0.25, 0.3) is 10.9 Å². The number of carbonyl (C=O) groups excluding carboxylic acids is 1. The first-order valence-electron chi connectivity index (χ1n) is 11.3. The molecule has 1 atom stereocenters. The van der Waals surface area contributed by atoms with Crippen molar-refractivity contribution < 1.29 is 22.3 Å². The minimum Gasteiger partial charge on any atom is -0.481 e. The fourth-order valence-corrected chi connectivity index (χ4v) is 5.35. The van der Waals surface area contributed by atoms with Crippen LogP contribution in [0.2, 0.25) is 0 Å². The summed E-state index contributed by atoms with van der Waals surface area (Å²) in [5.41, 5.74) is 0.722. The lowest BCUT2D eigenvalue weighted by atomic mass is 10.1. The highest BCUT2D eigenvalue weighted by Gasteiger charge is 2.35. The lowest BCUT2D eigenvalue weighted by Crippen LogP contribution is -2.31. The molecule has 2 heterocycles. The average Bonchev–Trinajstić information content (AvgIpc) is 3.73. The molecule has 2 aromatic carbocycles. The number of rotatable bonds is 8. The van der Waals surface area contributed by atoms with Gasteiger partial charge in [-0.05, 0) is 55.2 Å². The van der Waals surface area contributed by atoms with Crippen LogP contribution in [0.4, 0.5) is 10.1 Å². The summed E-state index contributed by atoms with van der Waals surface area (Å²) in [5, 5.41) is 3.56. The molecule has 2 aromatic heterocycles. The fourth-order valence-electron chi connectivity index (χ4n) is 4.09. The number of pyridine rings is 2. The van der Waals surface area contributed by atoms with Crippen molar-refractivity contribution in [2.75, 3.05) is 11.8 Å². The van der Waals surface area contributed by atoms with E-state index >= 15 is 0 Å². The van der Waals surface area contributed by atoms with Crippen LogP contribution in [0.3, 0.4) is 0 Å². The van der Waals surface area contributed by atoms with Crippen LogP contribution in [-0.2, 0) is 10.0 Å². The molecule has 0 radical (unpaired) electrons. The summed E-state index contributed by atoms with van der Waals surface area (Å²) in [6, 6.07) is 16.4. The maximum Gasteiger partial charge on any atom is 0.264 e. The molecule has 1 amide bonds. The molecule has 0 aliphatic heterocycles. The van der Waals surface area contributed by atoms with Gasteiger partial charge in [0.05, 0.1) is 35.6 Å². The molecule has 0 bridgehead atoms. The number of carbonyl (C=O) groups is 1. The number of methoxy groups -OCH3 is 1. The maximum atomic E-state index is 14.2. The molecule has 1 saturated carbocycles. The highest BCUT2D eigenvalue weighted by atomic mass is 32.2. The number of benzene rings is 2. The Kier molecular flexibility index (Phi) is 6.27. The first-order valence-corrected chi connectivity index (χ1v) is 12.8. The van der Waals surface area contributed by atoms with Crippen molar-refractivity contribution in [2.45, 2.75) is 23.8 Å². The summed E-state index contributed by atoms with van der Waals surface area (Å²) in [5.74, 6) is -0.707. The van der Waals surface area contributed by atoms with Gasteiger partial charge in [-0.2, -0.15) is 0 Å². The van der Waals surface area contributed by atoms with Crippen LogP contribution in [-0.4, -0.2) is 31.4 Å². The molecule has 1 unspecified atom stereocenters. The number of para-hydroxylation sites is 1. The van der Waals surface area contributed by atoms with E-state index in [-0.39, 0.29) is 22.1 Å². The second-order valence-corrected chi connectivity index (χ2v) is 10.2. The second-order valence-electron chi connectivity index (χ2n) is 8.52. The van der Waals surface area contributed by atoms with Crippen LogP contribution in [0.5, 0.6) is 5.88 Å². The zero-order valence-corrected chi connectivity index (χ0v) is 20.1. The number of fused-ring (bicyclic) bond motifs is 1. The van der Waals surface area contributed by atoms with Gasteiger partial charge in [-0.3, -0.25) is 14.5 Å². The number of amides is 1. The number of sulfonamides is 1. The highest BCUT2D eigenvalue weighted by molar-refractivity contribution is 7.93. The van der Waals surface area contributed by atoms with Gasteiger partial charge in [-0.15, -0.1) is 0 Å². The Bertz CT molecular complexity index is 1550. The standard InChI is InChI=1S/C26H23FN4O4S/c1-35-23-9-3-7-21(29-23)24(17-10-11-17)30-26(32)19-15-18(27)12-13-20(19)31-36(33,34)22-8-2-5-16-6-4-14-28-25(16)22/h2-9,12-15,17,24,31H,10-11H2,1H3,(H,30,32). The smallest absolute Gasteiger partial charge is 0.264 e. The van der Waals surface area contributed by atoms with Crippen LogP contribution < -0.4 is 14.8 Å². The molecule has 10 heteroatoms. The number of halogens is 1. The van der Waals surface area contributed by atoms with Crippen molar-refractivity contribution in [1.82, 2.24) is 15.3 Å². The molecule has 4 aromatic rings. The molecule has 1 fully saturated rings. The molecule has 0 saturated heterocycles. The largest absolute Gasteiger partial charge is 0.481 e. The Labute approximate surface area is 207 Å². The van der Waals surface area contributed by atoms with Crippen molar-refractivity contribution in [2.24, 2.45) is 5.92 Å². The number of aromatic nitrogens is 2. The van der Waals surface area contributed by atoms with Gasteiger partial charge in [0.25, 0.3) is 15.9 Å². The number of hydrogen-bond donors (Lipinski definition) is 2. The van der Waals surface area contributed by atoms with E-state index in [0.29, 0.717) is 22.5 Å². The predicted molar refractivity (Wildman–Crippen MR) is 133 cm³/mol. The molecule has 5 rings (SSSR count). The first-order chi connectivity index (χ1) is 17.4. The van der Waals surface area contributed by atoms with Crippen LogP contribution in [0.1, 0.15) is 34.9 Å². The molecule has 0 spiro atoms. The van der Waals surface area contributed by atoms with E-state index in [1.807, 2.05) is 0 Å². The highest BCUT2D eigenvalue weighted by Crippen LogP contribution is 2.41. The summed E-state index contributed by atoms with van der Waals surface area (Å²) < 4.78 is 48.5. The summed E-state index contributed by atoms with van der Waals surface area (Å²) in [6.07, 6.45) is 3.31. The van der Waals surface area contributed by atoms with Crippen molar-refractivity contribution in [3.63, 3.8) is 0 Å². The van der Waals surface area contributed by atoms with E-state index in [1.165, 1.54) is 25.4 Å². The van der Waals surface area contributed by atoms with E-state index in [2.05, 4.69) is 20.0 Å². The summed E-state index contributed by atoms with van der Waals surface area (Å²) in [4.78, 5) is 21.9. The molecule has 2 N–H and O–H groups in total. The van der Waals surface area contributed by atoms with E-state index < -0.39 is 27.8 Å². The van der Waals surface area contributed by atoms with Crippen LogP contribution in [0, 0.1) is 11.7 Å². The third-order valence-corrected chi connectivity index (χ3v) is 7.41. The Morgan fingerprint density at radius 1 is 1.08 bits per heavy atom. The third kappa shape index (κ3) is 4.85. The molecule has 36 heavy (non-hydrogen) atoms. The average molecular weight is 507 g/mol. The minimum atomic E-state index is -4.15. The van der Waals surface area contributed by atoms with Gasteiger partial charge in [-0.1, -0.05) is 24.3 Å². The monoisotopic (exact) mass is 506 g/mol. The van der Waals surface area contributed by atoms with Gasteiger partial charge >= 0.3 is 0 Å². The zero-order valence-electron chi connectivity index (χ0n) is 19.3. The quantitative estimate of drug-likeness (QED) is 0.365. The molecule has 184 valence electrons. The Balaban J connectivity index is 1.47. The van der Waals surface area contributed by atoms with Crippen molar-refractivity contribution >= 4 is 32.5 Å². The summed E-state index contributed by atoms with van der Waals surface area (Å²) in [7, 11) is -2.64. The predicted octanol–water partition coefficient (Wildman–Crippen LogP) is 4.46. The Morgan fingerprint density at radius 3 is 2.64 bits per heavy atom. The van der Waals surface area contributed by atoms with Gasteiger partial charge in [-0.25, -0.2) is 17.8 Å². The fraction of sp³-hybridized carbons (Fsp3) is 0.192. The number of nitrogens with one attached hydrogen (secondary N) is 2. The van der Waals surface area contributed by atoms with Gasteiger partial charge in [0.1, 0.15) is 10.7 Å².